The molecule has 1 heteroatoms. The second-order valence-electron chi connectivity index (χ2n) is 9.90. The van der Waals surface area contributed by atoms with Crippen LogP contribution in [0.15, 0.2) is 0 Å². The highest BCUT2D eigenvalue weighted by Crippen LogP contribution is 2.53. The number of nitriles is 1. The summed E-state index contributed by atoms with van der Waals surface area (Å²) in [5.74, 6) is 4.93. The minimum Gasteiger partial charge on any atom is -0.198 e. The van der Waals surface area contributed by atoms with Gasteiger partial charge in [-0.15, -0.1) is 0 Å². The molecule has 0 bridgehead atoms. The monoisotopic (exact) mass is 343 g/mol. The molecule has 142 valence electrons. The maximum absolute atomic E-state index is 9.83. The van der Waals surface area contributed by atoms with Crippen LogP contribution >= 0.6 is 0 Å². The molecule has 0 radical (unpaired) electrons. The summed E-state index contributed by atoms with van der Waals surface area (Å²) in [5.41, 5.74) is 0.0439. The average molecular weight is 344 g/mol. The van der Waals surface area contributed by atoms with Gasteiger partial charge in [-0.1, -0.05) is 52.4 Å². The van der Waals surface area contributed by atoms with E-state index in [2.05, 4.69) is 19.9 Å². The summed E-state index contributed by atoms with van der Waals surface area (Å²) >= 11 is 0. The van der Waals surface area contributed by atoms with Gasteiger partial charge in [0.25, 0.3) is 0 Å². The van der Waals surface area contributed by atoms with E-state index in [-0.39, 0.29) is 5.41 Å². The molecule has 0 saturated heterocycles. The number of rotatable bonds is 6. The SMILES string of the molecule is CCCC[C@]1(C#N)CC[C@@H]2C[C@@H](C3CCC(CCC)CC3)CC[C@@H]2C1. The topological polar surface area (TPSA) is 23.8 Å². The Bertz CT molecular complexity index is 442. The van der Waals surface area contributed by atoms with E-state index in [1.165, 1.54) is 89.9 Å². The Morgan fingerprint density at radius 1 is 0.840 bits per heavy atom. The molecule has 3 aliphatic rings. The van der Waals surface area contributed by atoms with Crippen molar-refractivity contribution < 1.29 is 0 Å². The predicted octanol–water partition coefficient (Wildman–Crippen LogP) is 7.51. The van der Waals surface area contributed by atoms with E-state index in [4.69, 9.17) is 0 Å². The Labute approximate surface area is 157 Å². The summed E-state index contributed by atoms with van der Waals surface area (Å²) in [6, 6.07) is 2.78. The zero-order valence-corrected chi connectivity index (χ0v) is 16.9. The first-order valence-corrected chi connectivity index (χ1v) is 11.6. The van der Waals surface area contributed by atoms with E-state index in [0.717, 1.165) is 36.0 Å². The smallest absolute Gasteiger partial charge is 0.0689 e. The molecule has 0 spiro atoms. The lowest BCUT2D eigenvalue weighted by Gasteiger charge is -2.47. The van der Waals surface area contributed by atoms with Crippen molar-refractivity contribution in [2.75, 3.05) is 0 Å². The second-order valence-corrected chi connectivity index (χ2v) is 9.90. The van der Waals surface area contributed by atoms with E-state index in [1.807, 2.05) is 0 Å². The third-order valence-corrected chi connectivity index (χ3v) is 8.33. The molecule has 3 saturated carbocycles. The van der Waals surface area contributed by atoms with Crippen LogP contribution in [0.4, 0.5) is 0 Å². The summed E-state index contributed by atoms with van der Waals surface area (Å²) in [6.45, 7) is 4.61. The predicted molar refractivity (Wildman–Crippen MR) is 106 cm³/mol. The molecule has 0 aromatic rings. The van der Waals surface area contributed by atoms with Crippen LogP contribution in [0.1, 0.15) is 110 Å². The van der Waals surface area contributed by atoms with Gasteiger partial charge in [-0.2, -0.15) is 5.26 Å². The molecule has 3 rings (SSSR count). The molecular formula is C24H41N. The highest BCUT2D eigenvalue weighted by Gasteiger charge is 2.44. The van der Waals surface area contributed by atoms with Gasteiger partial charge >= 0.3 is 0 Å². The third kappa shape index (κ3) is 4.61. The summed E-state index contributed by atoms with van der Waals surface area (Å²) in [7, 11) is 0. The maximum Gasteiger partial charge on any atom is 0.0689 e. The second kappa shape index (κ2) is 8.92. The van der Waals surface area contributed by atoms with Crippen molar-refractivity contribution in [3.8, 4) is 6.07 Å². The molecule has 0 aromatic carbocycles. The number of hydrogen-bond acceptors (Lipinski definition) is 1. The summed E-state index contributed by atoms with van der Waals surface area (Å²) in [6.07, 6.45) is 20.7. The minimum absolute atomic E-state index is 0.0439. The van der Waals surface area contributed by atoms with E-state index < -0.39 is 0 Å². The molecule has 3 aliphatic carbocycles. The molecule has 0 unspecified atom stereocenters. The van der Waals surface area contributed by atoms with Gasteiger partial charge in [0.05, 0.1) is 11.5 Å². The van der Waals surface area contributed by atoms with E-state index in [1.54, 1.807) is 0 Å². The zero-order valence-electron chi connectivity index (χ0n) is 16.9. The van der Waals surface area contributed by atoms with Gasteiger partial charge in [0, 0.05) is 0 Å². The van der Waals surface area contributed by atoms with Crippen molar-refractivity contribution in [3.05, 3.63) is 0 Å². The summed E-state index contributed by atoms with van der Waals surface area (Å²) in [5, 5.41) is 9.83. The normalized spacial score (nSPS) is 41.7. The molecule has 0 N–H and O–H groups in total. The van der Waals surface area contributed by atoms with E-state index in [9.17, 15) is 5.26 Å². The number of unbranched alkanes of at least 4 members (excludes halogenated alkanes) is 1. The van der Waals surface area contributed by atoms with Crippen LogP contribution in [0, 0.1) is 46.3 Å². The number of fused-ring (bicyclic) bond motifs is 1. The van der Waals surface area contributed by atoms with Crippen molar-refractivity contribution in [1.82, 2.24) is 0 Å². The van der Waals surface area contributed by atoms with Gasteiger partial charge in [-0.05, 0) is 87.4 Å². The van der Waals surface area contributed by atoms with Crippen molar-refractivity contribution >= 4 is 0 Å². The third-order valence-electron chi connectivity index (χ3n) is 8.33. The number of nitrogens with zero attached hydrogens (tertiary/aromatic N) is 1. The van der Waals surface area contributed by atoms with Crippen molar-refractivity contribution in [1.29, 1.82) is 5.26 Å². The molecule has 25 heavy (non-hydrogen) atoms. The van der Waals surface area contributed by atoms with Crippen LogP contribution in [0.25, 0.3) is 0 Å². The van der Waals surface area contributed by atoms with Crippen LogP contribution in [0.3, 0.4) is 0 Å². The van der Waals surface area contributed by atoms with E-state index in [0.29, 0.717) is 0 Å². The molecule has 0 amide bonds. The van der Waals surface area contributed by atoms with Gasteiger partial charge < -0.3 is 0 Å². The fraction of sp³-hybridized carbons (Fsp3) is 0.958. The van der Waals surface area contributed by atoms with Gasteiger partial charge in [0.2, 0.25) is 0 Å². The average Bonchev–Trinajstić information content (AvgIpc) is 2.67. The first kappa shape index (κ1) is 19.3. The fourth-order valence-corrected chi connectivity index (χ4v) is 6.74. The van der Waals surface area contributed by atoms with Gasteiger partial charge in [-0.3, -0.25) is 0 Å². The summed E-state index contributed by atoms with van der Waals surface area (Å²) < 4.78 is 0. The van der Waals surface area contributed by atoms with Gasteiger partial charge in [0.1, 0.15) is 0 Å². The van der Waals surface area contributed by atoms with Crippen molar-refractivity contribution in [2.24, 2.45) is 35.0 Å². The van der Waals surface area contributed by atoms with Crippen LogP contribution in [-0.4, -0.2) is 0 Å². The minimum atomic E-state index is 0.0439. The summed E-state index contributed by atoms with van der Waals surface area (Å²) in [4.78, 5) is 0. The van der Waals surface area contributed by atoms with Crippen LogP contribution in [0.5, 0.6) is 0 Å². The Morgan fingerprint density at radius 3 is 2.20 bits per heavy atom. The first-order valence-electron chi connectivity index (χ1n) is 11.6. The Kier molecular flexibility index (Phi) is 6.87. The standard InChI is InChI=1S/C24H41N/c1-3-5-14-24(18-25)15-13-22-16-21(11-12-23(22)17-24)20-9-7-19(6-4-2)8-10-20/h19-23H,3-17H2,1-2H3/t19?,20?,21-,22+,23+,24-/m0/s1. The molecular weight excluding hydrogens is 302 g/mol. The number of hydrogen-bond donors (Lipinski definition) is 0. The quantitative estimate of drug-likeness (QED) is 0.489. The lowest BCUT2D eigenvalue weighted by atomic mass is 9.57. The van der Waals surface area contributed by atoms with Crippen LogP contribution in [0.2, 0.25) is 0 Å². The lowest BCUT2D eigenvalue weighted by Crippen LogP contribution is -2.38. The first-order chi connectivity index (χ1) is 12.2. The van der Waals surface area contributed by atoms with E-state index >= 15 is 0 Å². The van der Waals surface area contributed by atoms with Crippen LogP contribution in [-0.2, 0) is 0 Å². The van der Waals surface area contributed by atoms with Gasteiger partial charge in [0.15, 0.2) is 0 Å². The van der Waals surface area contributed by atoms with Crippen LogP contribution < -0.4 is 0 Å². The molecule has 3 fully saturated rings. The fourth-order valence-electron chi connectivity index (χ4n) is 6.74. The largest absolute Gasteiger partial charge is 0.198 e. The van der Waals surface area contributed by atoms with Crippen molar-refractivity contribution in [3.63, 3.8) is 0 Å². The highest BCUT2D eigenvalue weighted by molar-refractivity contribution is 5.04. The maximum atomic E-state index is 9.83. The van der Waals surface area contributed by atoms with Gasteiger partial charge in [-0.25, -0.2) is 0 Å². The Balaban J connectivity index is 1.50. The Hall–Kier alpha value is -0.510. The Morgan fingerprint density at radius 2 is 1.52 bits per heavy atom. The molecule has 1 nitrogen and oxygen atoms in total. The highest BCUT2D eigenvalue weighted by atomic mass is 14.5. The zero-order chi connectivity index (χ0) is 17.7. The lowest BCUT2D eigenvalue weighted by molar-refractivity contribution is 0.0379. The molecule has 0 aliphatic heterocycles. The molecule has 0 heterocycles. The van der Waals surface area contributed by atoms with Crippen molar-refractivity contribution in [2.45, 2.75) is 110 Å². The molecule has 4 atom stereocenters. The molecule has 0 aromatic heterocycles.